The molecule has 3 heterocycles. The Balaban J connectivity index is 0.000000360. The molecule has 0 radical (unpaired) electrons. The predicted molar refractivity (Wildman–Crippen MR) is 113 cm³/mol. The molecule has 32 heavy (non-hydrogen) atoms. The molecule has 2 saturated heterocycles. The summed E-state index contributed by atoms with van der Waals surface area (Å²) in [5.41, 5.74) is 2.96. The van der Waals surface area contributed by atoms with Crippen LogP contribution in [0.5, 0.6) is 0 Å². The van der Waals surface area contributed by atoms with Crippen LogP contribution >= 0.6 is 0 Å². The van der Waals surface area contributed by atoms with Crippen molar-refractivity contribution in [2.45, 2.75) is 56.8 Å². The van der Waals surface area contributed by atoms with Gasteiger partial charge in [-0.3, -0.25) is 4.90 Å². The van der Waals surface area contributed by atoms with Crippen LogP contribution in [0.15, 0.2) is 36.5 Å². The standard InChI is InChI=1S/C20H29N5.C2HF3O2/c1-20(17-7-3-2-4-8-17)10-6-12-24(16-20)15-19-14-22-23-25(19)18-9-5-11-21-13-18;3-2(4,5)1(6)7/h2-4,7-8,14,18,21H,5-6,9-13,15-16H2,1H3;(H,6,7). The van der Waals surface area contributed by atoms with Gasteiger partial charge in [0.05, 0.1) is 17.9 Å². The van der Waals surface area contributed by atoms with Gasteiger partial charge in [-0.05, 0) is 44.3 Å². The Morgan fingerprint density at radius 3 is 2.62 bits per heavy atom. The summed E-state index contributed by atoms with van der Waals surface area (Å²) >= 11 is 0. The lowest BCUT2D eigenvalue weighted by atomic mass is 9.76. The maximum atomic E-state index is 10.6. The molecule has 0 spiro atoms. The maximum Gasteiger partial charge on any atom is 0.490 e. The number of carboxylic acid groups (broad SMARTS) is 1. The second-order valence-corrected chi connectivity index (χ2v) is 8.71. The zero-order valence-corrected chi connectivity index (χ0v) is 18.2. The molecule has 0 aliphatic carbocycles. The molecule has 176 valence electrons. The van der Waals surface area contributed by atoms with Crippen LogP contribution in [0.2, 0.25) is 0 Å². The highest BCUT2D eigenvalue weighted by Crippen LogP contribution is 2.34. The molecule has 2 atom stereocenters. The number of likely N-dealkylation sites (tertiary alicyclic amines) is 1. The lowest BCUT2D eigenvalue weighted by molar-refractivity contribution is -0.192. The quantitative estimate of drug-likeness (QED) is 0.739. The van der Waals surface area contributed by atoms with Crippen molar-refractivity contribution in [3.05, 3.63) is 47.8 Å². The number of nitrogens with zero attached hydrogens (tertiary/aromatic N) is 4. The first-order chi connectivity index (χ1) is 15.2. The van der Waals surface area contributed by atoms with Crippen molar-refractivity contribution in [1.29, 1.82) is 0 Å². The van der Waals surface area contributed by atoms with Gasteiger partial charge in [0.2, 0.25) is 0 Å². The minimum absolute atomic E-state index is 0.240. The second kappa shape index (κ2) is 10.4. The third-order valence-electron chi connectivity index (χ3n) is 6.14. The molecule has 0 saturated carbocycles. The first kappa shape index (κ1) is 24.2. The van der Waals surface area contributed by atoms with Gasteiger partial charge >= 0.3 is 12.1 Å². The van der Waals surface area contributed by atoms with Crippen LogP contribution in [0.4, 0.5) is 13.2 Å². The SMILES string of the molecule is CC1(c2ccccc2)CCCN(Cc2cnnn2C2CCCNC2)C1.O=C(O)C(F)(F)F. The number of carboxylic acids is 1. The van der Waals surface area contributed by atoms with Gasteiger partial charge in [-0.15, -0.1) is 5.10 Å². The fraction of sp³-hybridized carbons (Fsp3) is 0.591. The number of piperidine rings is 2. The number of hydrogen-bond acceptors (Lipinski definition) is 5. The fourth-order valence-electron chi connectivity index (χ4n) is 4.51. The van der Waals surface area contributed by atoms with E-state index in [1.54, 1.807) is 0 Å². The number of nitrogens with one attached hydrogen (secondary N) is 1. The van der Waals surface area contributed by atoms with E-state index >= 15 is 0 Å². The van der Waals surface area contributed by atoms with Crippen LogP contribution in [0.1, 0.15) is 49.9 Å². The highest BCUT2D eigenvalue weighted by atomic mass is 19.4. The van der Waals surface area contributed by atoms with Gasteiger partial charge in [-0.1, -0.05) is 42.5 Å². The molecule has 2 unspecified atom stereocenters. The third-order valence-corrected chi connectivity index (χ3v) is 6.14. The van der Waals surface area contributed by atoms with Crippen LogP contribution in [0, 0.1) is 0 Å². The molecular weight excluding hydrogens is 423 g/mol. The van der Waals surface area contributed by atoms with Crippen LogP contribution in [-0.2, 0) is 16.8 Å². The topological polar surface area (TPSA) is 83.3 Å². The van der Waals surface area contributed by atoms with Crippen LogP contribution in [0.3, 0.4) is 0 Å². The van der Waals surface area contributed by atoms with Gasteiger partial charge < -0.3 is 10.4 Å². The molecule has 2 aliphatic heterocycles. The van der Waals surface area contributed by atoms with Crippen molar-refractivity contribution < 1.29 is 23.1 Å². The Bertz CT molecular complexity index is 868. The summed E-state index contributed by atoms with van der Waals surface area (Å²) in [4.78, 5) is 11.5. The molecule has 1 aromatic heterocycles. The number of carbonyl (C=O) groups is 1. The Morgan fingerprint density at radius 1 is 1.28 bits per heavy atom. The highest BCUT2D eigenvalue weighted by molar-refractivity contribution is 5.73. The Morgan fingerprint density at radius 2 is 2.00 bits per heavy atom. The fourth-order valence-corrected chi connectivity index (χ4v) is 4.51. The van der Waals surface area contributed by atoms with Gasteiger partial charge in [-0.25, -0.2) is 9.48 Å². The number of hydrogen-bond donors (Lipinski definition) is 2. The Hall–Kier alpha value is -2.46. The van der Waals surface area contributed by atoms with E-state index in [1.165, 1.54) is 36.9 Å². The van der Waals surface area contributed by atoms with Crippen molar-refractivity contribution >= 4 is 5.97 Å². The molecule has 2 aromatic rings. The molecule has 4 rings (SSSR count). The van der Waals surface area contributed by atoms with Crippen molar-refractivity contribution in [2.24, 2.45) is 0 Å². The Kier molecular flexibility index (Phi) is 7.89. The van der Waals surface area contributed by atoms with E-state index in [2.05, 4.69) is 62.5 Å². The first-order valence-corrected chi connectivity index (χ1v) is 10.9. The maximum absolute atomic E-state index is 10.6. The monoisotopic (exact) mass is 453 g/mol. The van der Waals surface area contributed by atoms with Gasteiger partial charge in [0.1, 0.15) is 0 Å². The number of rotatable bonds is 4. The Labute approximate surface area is 185 Å². The van der Waals surface area contributed by atoms with Gasteiger partial charge in [-0.2, -0.15) is 13.2 Å². The molecule has 2 fully saturated rings. The van der Waals surface area contributed by atoms with Crippen LogP contribution in [0.25, 0.3) is 0 Å². The van der Waals surface area contributed by atoms with E-state index in [0.717, 1.165) is 32.7 Å². The second-order valence-electron chi connectivity index (χ2n) is 8.71. The number of aliphatic carboxylic acids is 1. The normalized spacial score (nSPS) is 24.4. The van der Waals surface area contributed by atoms with Crippen LogP contribution in [-0.4, -0.2) is 63.3 Å². The van der Waals surface area contributed by atoms with Crippen molar-refractivity contribution in [3.63, 3.8) is 0 Å². The van der Waals surface area contributed by atoms with Gasteiger partial charge in [0.25, 0.3) is 0 Å². The van der Waals surface area contributed by atoms with E-state index < -0.39 is 12.1 Å². The summed E-state index contributed by atoms with van der Waals surface area (Å²) in [5, 5.41) is 19.2. The number of aromatic nitrogens is 3. The largest absolute Gasteiger partial charge is 0.490 e. The summed E-state index contributed by atoms with van der Waals surface area (Å²) in [5.74, 6) is -2.76. The molecule has 7 nitrogen and oxygen atoms in total. The van der Waals surface area contributed by atoms with E-state index in [-0.39, 0.29) is 5.41 Å². The molecule has 0 amide bonds. The average Bonchev–Trinajstić information content (AvgIpc) is 3.23. The predicted octanol–water partition coefficient (Wildman–Crippen LogP) is 3.39. The number of alkyl halides is 3. The molecule has 1 aromatic carbocycles. The minimum Gasteiger partial charge on any atom is -0.475 e. The molecule has 2 N–H and O–H groups in total. The van der Waals surface area contributed by atoms with E-state index in [9.17, 15) is 13.2 Å². The molecule has 0 bridgehead atoms. The highest BCUT2D eigenvalue weighted by Gasteiger charge is 2.38. The lowest BCUT2D eigenvalue weighted by Crippen LogP contribution is -2.44. The third kappa shape index (κ3) is 6.29. The van der Waals surface area contributed by atoms with Gasteiger partial charge in [0, 0.05) is 25.0 Å². The zero-order valence-electron chi connectivity index (χ0n) is 18.2. The van der Waals surface area contributed by atoms with Gasteiger partial charge in [0.15, 0.2) is 0 Å². The van der Waals surface area contributed by atoms with E-state index in [4.69, 9.17) is 9.90 Å². The number of benzene rings is 1. The van der Waals surface area contributed by atoms with Crippen molar-refractivity contribution in [3.8, 4) is 0 Å². The van der Waals surface area contributed by atoms with Crippen molar-refractivity contribution in [2.75, 3.05) is 26.2 Å². The first-order valence-electron chi connectivity index (χ1n) is 10.9. The molecule has 2 aliphatic rings. The van der Waals surface area contributed by atoms with E-state index in [0.29, 0.717) is 6.04 Å². The van der Waals surface area contributed by atoms with E-state index in [1.807, 2.05) is 6.20 Å². The summed E-state index contributed by atoms with van der Waals surface area (Å²) < 4.78 is 33.9. The summed E-state index contributed by atoms with van der Waals surface area (Å²) in [6, 6.07) is 11.4. The lowest BCUT2D eigenvalue weighted by Gasteiger charge is -2.41. The minimum atomic E-state index is -5.08. The summed E-state index contributed by atoms with van der Waals surface area (Å²) in [6.45, 7) is 7.77. The van der Waals surface area contributed by atoms with Crippen molar-refractivity contribution in [1.82, 2.24) is 25.2 Å². The summed E-state index contributed by atoms with van der Waals surface area (Å²) in [7, 11) is 0. The smallest absolute Gasteiger partial charge is 0.475 e. The molecule has 10 heteroatoms. The zero-order chi connectivity index (χ0) is 23.2. The molecular formula is C22H30F3N5O2. The average molecular weight is 454 g/mol. The summed E-state index contributed by atoms with van der Waals surface area (Å²) in [6.07, 6.45) is 1.81. The van der Waals surface area contributed by atoms with Crippen LogP contribution < -0.4 is 5.32 Å². The number of halogens is 3.